The number of guanidine groups is 1. The summed E-state index contributed by atoms with van der Waals surface area (Å²) in [6.07, 6.45) is 1.99. The van der Waals surface area contributed by atoms with Crippen molar-refractivity contribution in [2.75, 3.05) is 6.54 Å². The Hall–Kier alpha value is -2.33. The minimum Gasteiger partial charge on any atom is -0.369 e. The third-order valence-electron chi connectivity index (χ3n) is 5.40. The molecule has 28 heavy (non-hydrogen) atoms. The number of nitrogens with two attached hydrogens (primary N) is 1. The van der Waals surface area contributed by atoms with Crippen LogP contribution >= 0.6 is 11.6 Å². The minimum atomic E-state index is -0.899. The average Bonchev–Trinajstić information content (AvgIpc) is 3.45. The van der Waals surface area contributed by atoms with Crippen molar-refractivity contribution in [3.8, 4) is 11.1 Å². The first kappa shape index (κ1) is 19.0. The van der Waals surface area contributed by atoms with Crippen LogP contribution in [0.2, 0.25) is 5.02 Å². The molecule has 146 valence electrons. The van der Waals surface area contributed by atoms with Crippen molar-refractivity contribution in [2.24, 2.45) is 22.1 Å². The lowest BCUT2D eigenvalue weighted by atomic mass is 9.83. The van der Waals surface area contributed by atoms with Crippen LogP contribution in [0.3, 0.4) is 0 Å². The molecule has 1 atom stereocenters. The van der Waals surface area contributed by atoms with Crippen molar-refractivity contribution in [1.29, 1.82) is 0 Å². The monoisotopic (exact) mass is 395 g/mol. The zero-order valence-corrected chi connectivity index (χ0v) is 17.3. The van der Waals surface area contributed by atoms with Gasteiger partial charge in [-0.05, 0) is 59.1 Å². The molecule has 4 nitrogen and oxygen atoms in total. The molecule has 0 bridgehead atoms. The lowest BCUT2D eigenvalue weighted by Crippen LogP contribution is -2.47. The fraction of sp³-hybridized carbons (Fsp3) is 0.391. The van der Waals surface area contributed by atoms with Gasteiger partial charge in [0.1, 0.15) is 0 Å². The van der Waals surface area contributed by atoms with Crippen LogP contribution in [0.25, 0.3) is 11.1 Å². The van der Waals surface area contributed by atoms with Gasteiger partial charge >= 0.3 is 0 Å². The molecule has 0 saturated heterocycles. The molecule has 1 heterocycles. The van der Waals surface area contributed by atoms with Gasteiger partial charge in [-0.15, -0.1) is 0 Å². The van der Waals surface area contributed by atoms with Crippen molar-refractivity contribution in [2.45, 2.75) is 39.2 Å². The summed E-state index contributed by atoms with van der Waals surface area (Å²) in [5, 5.41) is 0.690. The Labute approximate surface area is 171 Å². The van der Waals surface area contributed by atoms with E-state index >= 15 is 0 Å². The highest BCUT2D eigenvalue weighted by molar-refractivity contribution is 6.30. The molecule has 1 aliphatic heterocycles. The van der Waals surface area contributed by atoms with Gasteiger partial charge in [-0.1, -0.05) is 62.7 Å². The van der Waals surface area contributed by atoms with Crippen LogP contribution in [0.4, 0.5) is 0 Å². The molecule has 2 N–H and O–H groups in total. The highest BCUT2D eigenvalue weighted by Crippen LogP contribution is 2.52. The second-order valence-electron chi connectivity index (χ2n) is 9.05. The number of hydrogen-bond donors (Lipinski definition) is 1. The van der Waals surface area contributed by atoms with Crippen molar-refractivity contribution in [1.82, 2.24) is 4.90 Å². The zero-order valence-electron chi connectivity index (χ0n) is 16.6. The Morgan fingerprint density at radius 3 is 2.39 bits per heavy atom. The van der Waals surface area contributed by atoms with E-state index in [2.05, 4.69) is 26.8 Å². The third kappa shape index (κ3) is 3.30. The van der Waals surface area contributed by atoms with Gasteiger partial charge in [0, 0.05) is 11.6 Å². The number of nitrogens with zero attached hydrogens (tertiary/aromatic N) is 2. The van der Waals surface area contributed by atoms with E-state index in [1.807, 2.05) is 42.5 Å². The molecule has 2 aliphatic rings. The summed E-state index contributed by atoms with van der Waals surface area (Å²) in [6.45, 7) is 6.86. The molecule has 1 saturated carbocycles. The molecule has 0 spiro atoms. The summed E-state index contributed by atoms with van der Waals surface area (Å²) < 4.78 is 0. The number of halogens is 1. The van der Waals surface area contributed by atoms with Crippen LogP contribution in [0.5, 0.6) is 0 Å². The normalized spacial score (nSPS) is 22.5. The van der Waals surface area contributed by atoms with Crippen LogP contribution in [-0.2, 0) is 10.3 Å². The van der Waals surface area contributed by atoms with E-state index in [0.29, 0.717) is 17.5 Å². The van der Waals surface area contributed by atoms with Gasteiger partial charge in [-0.3, -0.25) is 9.69 Å². The number of rotatable bonds is 4. The van der Waals surface area contributed by atoms with E-state index in [4.69, 9.17) is 22.3 Å². The van der Waals surface area contributed by atoms with Crippen LogP contribution in [0.1, 0.15) is 39.2 Å². The van der Waals surface area contributed by atoms with Gasteiger partial charge in [0.05, 0.1) is 0 Å². The van der Waals surface area contributed by atoms with Gasteiger partial charge < -0.3 is 5.73 Å². The molecule has 1 amide bonds. The highest BCUT2D eigenvalue weighted by Gasteiger charge is 2.58. The maximum absolute atomic E-state index is 13.6. The minimum absolute atomic E-state index is 0.00525. The number of carbonyl (C=O) groups is 1. The van der Waals surface area contributed by atoms with Gasteiger partial charge in [0.15, 0.2) is 11.5 Å². The third-order valence-corrected chi connectivity index (χ3v) is 5.64. The second-order valence-corrected chi connectivity index (χ2v) is 9.49. The molecule has 5 heteroatoms. The van der Waals surface area contributed by atoms with E-state index in [0.717, 1.165) is 29.5 Å². The van der Waals surface area contributed by atoms with Crippen molar-refractivity contribution >= 4 is 23.5 Å². The van der Waals surface area contributed by atoms with E-state index in [9.17, 15) is 4.79 Å². The van der Waals surface area contributed by atoms with E-state index in [-0.39, 0.29) is 17.2 Å². The Kier molecular flexibility index (Phi) is 4.50. The average molecular weight is 396 g/mol. The summed E-state index contributed by atoms with van der Waals surface area (Å²) in [5.41, 5.74) is 8.27. The molecule has 0 radical (unpaired) electrons. The molecule has 2 aromatic carbocycles. The van der Waals surface area contributed by atoms with Crippen molar-refractivity contribution in [3.05, 3.63) is 59.1 Å². The number of amides is 1. The highest BCUT2D eigenvalue weighted by atomic mass is 35.5. The molecular weight excluding hydrogens is 370 g/mol. The Morgan fingerprint density at radius 2 is 1.79 bits per heavy atom. The van der Waals surface area contributed by atoms with Crippen LogP contribution in [0, 0.1) is 11.3 Å². The molecule has 4 rings (SSSR count). The summed E-state index contributed by atoms with van der Waals surface area (Å²) in [6, 6.07) is 15.8. The van der Waals surface area contributed by atoms with Crippen molar-refractivity contribution in [3.63, 3.8) is 0 Å². The molecule has 2 aromatic rings. The molecular formula is C23H26ClN3O. The zero-order chi connectivity index (χ0) is 20.1. The van der Waals surface area contributed by atoms with Gasteiger partial charge in [0.2, 0.25) is 0 Å². The predicted molar refractivity (Wildman–Crippen MR) is 114 cm³/mol. The summed E-state index contributed by atoms with van der Waals surface area (Å²) >= 11 is 6.17. The lowest BCUT2D eigenvalue weighted by molar-refractivity contribution is -0.133. The Bertz CT molecular complexity index is 958. The largest absolute Gasteiger partial charge is 0.369 e. The Morgan fingerprint density at radius 1 is 1.14 bits per heavy atom. The van der Waals surface area contributed by atoms with E-state index < -0.39 is 5.54 Å². The SMILES string of the molecule is CC(C)(C)CN1C(=O)C(c2cccc(-c3cccc(Cl)c3)c2)(C2CC2)N=C1N. The lowest BCUT2D eigenvalue weighted by Gasteiger charge is -2.30. The molecule has 1 fully saturated rings. The van der Waals surface area contributed by atoms with Crippen molar-refractivity contribution < 1.29 is 4.79 Å². The summed E-state index contributed by atoms with van der Waals surface area (Å²) in [4.78, 5) is 20.1. The summed E-state index contributed by atoms with van der Waals surface area (Å²) in [7, 11) is 0. The maximum atomic E-state index is 13.6. The van der Waals surface area contributed by atoms with Crippen LogP contribution in [0.15, 0.2) is 53.5 Å². The summed E-state index contributed by atoms with van der Waals surface area (Å²) in [5.74, 6) is 0.545. The van der Waals surface area contributed by atoms with Crippen LogP contribution in [-0.4, -0.2) is 23.3 Å². The molecule has 1 unspecified atom stereocenters. The fourth-order valence-electron chi connectivity index (χ4n) is 4.02. The molecule has 1 aliphatic carbocycles. The topological polar surface area (TPSA) is 58.7 Å². The first-order chi connectivity index (χ1) is 13.2. The van der Waals surface area contributed by atoms with Gasteiger partial charge in [-0.25, -0.2) is 4.99 Å². The van der Waals surface area contributed by atoms with E-state index in [1.165, 1.54) is 0 Å². The number of benzene rings is 2. The van der Waals surface area contributed by atoms with E-state index in [1.54, 1.807) is 4.90 Å². The predicted octanol–water partition coefficient (Wildman–Crippen LogP) is 4.82. The fourth-order valence-corrected chi connectivity index (χ4v) is 4.21. The smallest absolute Gasteiger partial charge is 0.262 e. The second kappa shape index (κ2) is 6.63. The quantitative estimate of drug-likeness (QED) is 0.807. The maximum Gasteiger partial charge on any atom is 0.262 e. The Balaban J connectivity index is 1.78. The number of hydrogen-bond acceptors (Lipinski definition) is 3. The standard InChI is InChI=1S/C23H26ClN3O/c1-22(2,3)14-27-20(28)23(17-10-11-17,26-21(27)25)18-8-4-6-15(12-18)16-7-5-9-19(24)13-16/h4-9,12-13,17H,10-11,14H2,1-3H3,(H2,25,26). The first-order valence-electron chi connectivity index (χ1n) is 9.74. The number of carbonyl (C=O) groups excluding carboxylic acids is 1. The first-order valence-corrected chi connectivity index (χ1v) is 10.1. The van der Waals surface area contributed by atoms with Gasteiger partial charge in [-0.2, -0.15) is 0 Å². The van der Waals surface area contributed by atoms with Crippen LogP contribution < -0.4 is 5.73 Å². The number of aliphatic imine (C=N–C) groups is 1. The molecule has 0 aromatic heterocycles. The van der Waals surface area contributed by atoms with Gasteiger partial charge in [0.25, 0.3) is 5.91 Å².